The van der Waals surface area contributed by atoms with Crippen LogP contribution in [-0.2, 0) is 15.4 Å². The molecule has 0 fully saturated rings. The van der Waals surface area contributed by atoms with E-state index in [0.717, 1.165) is 11.1 Å². The Bertz CT molecular complexity index is 844. The molecule has 0 aliphatic rings. The van der Waals surface area contributed by atoms with E-state index in [1.165, 1.54) is 5.56 Å². The van der Waals surface area contributed by atoms with Gasteiger partial charge in [0.1, 0.15) is 0 Å². The van der Waals surface area contributed by atoms with Crippen molar-refractivity contribution in [3.63, 3.8) is 0 Å². The maximum absolute atomic E-state index is 12.4. The van der Waals surface area contributed by atoms with E-state index in [-0.39, 0.29) is 10.3 Å². The van der Waals surface area contributed by atoms with Crippen LogP contribution in [0.15, 0.2) is 58.5 Å². The summed E-state index contributed by atoms with van der Waals surface area (Å²) < 4.78 is 24.7. The lowest BCUT2D eigenvalue weighted by atomic mass is 9.86. The minimum atomic E-state index is -3.66. The van der Waals surface area contributed by atoms with Crippen LogP contribution >= 0.6 is 0 Å². The number of nitrogens with zero attached hydrogens (tertiary/aromatic N) is 1. The van der Waals surface area contributed by atoms with Gasteiger partial charge in [0.25, 0.3) is 10.0 Å². The summed E-state index contributed by atoms with van der Waals surface area (Å²) in [7, 11) is -3.66. The van der Waals surface area contributed by atoms with Gasteiger partial charge in [-0.05, 0) is 42.0 Å². The smallest absolute Gasteiger partial charge is 0.200 e. The van der Waals surface area contributed by atoms with E-state index in [4.69, 9.17) is 0 Å². The lowest BCUT2D eigenvalue weighted by molar-refractivity contribution is 0.584. The molecule has 0 aliphatic carbocycles. The van der Waals surface area contributed by atoms with Crippen LogP contribution in [0.3, 0.4) is 0 Å². The first-order valence-electron chi connectivity index (χ1n) is 8.39. The number of nitrogens with one attached hydrogen (secondary N) is 1. The minimum Gasteiger partial charge on any atom is -0.200 e. The average Bonchev–Trinajstić information content (AvgIpc) is 2.55. The van der Waals surface area contributed by atoms with Crippen molar-refractivity contribution in [3.8, 4) is 0 Å². The van der Waals surface area contributed by atoms with Crippen LogP contribution < -0.4 is 4.83 Å². The van der Waals surface area contributed by atoms with E-state index >= 15 is 0 Å². The molecule has 0 saturated carbocycles. The van der Waals surface area contributed by atoms with Gasteiger partial charge in [0.15, 0.2) is 0 Å². The molecule has 4 nitrogen and oxygen atoms in total. The van der Waals surface area contributed by atoms with Gasteiger partial charge in [-0.3, -0.25) is 0 Å². The molecule has 0 amide bonds. The van der Waals surface area contributed by atoms with Crippen LogP contribution in [0.25, 0.3) is 0 Å². The number of benzene rings is 2. The normalized spacial score (nSPS) is 12.9. The molecule has 2 rings (SSSR count). The van der Waals surface area contributed by atoms with E-state index in [1.54, 1.807) is 24.3 Å². The standard InChI is InChI=1S/C20H26N2O2S/c1-6-19(16-9-11-17(12-10-16)20(3,4)5)21-22-25(23,24)18-13-7-15(2)8-14-18/h7-14,22H,6H2,1-5H3. The number of hydrogen-bond donors (Lipinski definition) is 1. The molecular weight excluding hydrogens is 332 g/mol. The molecule has 0 bridgehead atoms. The zero-order valence-corrected chi connectivity index (χ0v) is 16.3. The van der Waals surface area contributed by atoms with Crippen LogP contribution in [0.5, 0.6) is 0 Å². The molecule has 2 aromatic rings. The second-order valence-corrected chi connectivity index (χ2v) is 8.81. The molecule has 0 saturated heterocycles. The van der Waals surface area contributed by atoms with E-state index in [1.807, 2.05) is 26.0 Å². The summed E-state index contributed by atoms with van der Waals surface area (Å²) in [5, 5.41) is 4.15. The summed E-state index contributed by atoms with van der Waals surface area (Å²) >= 11 is 0. The van der Waals surface area contributed by atoms with Gasteiger partial charge in [0.2, 0.25) is 0 Å². The number of hydrazone groups is 1. The highest BCUT2D eigenvalue weighted by atomic mass is 32.2. The Morgan fingerprint density at radius 3 is 2.04 bits per heavy atom. The Balaban J connectivity index is 2.24. The highest BCUT2D eigenvalue weighted by molar-refractivity contribution is 7.89. The summed E-state index contributed by atoms with van der Waals surface area (Å²) in [6.07, 6.45) is 0.630. The van der Waals surface area contributed by atoms with Crippen molar-refractivity contribution in [3.05, 3.63) is 65.2 Å². The second-order valence-electron chi connectivity index (χ2n) is 7.15. The molecule has 134 valence electrons. The van der Waals surface area contributed by atoms with Crippen LogP contribution in [0.4, 0.5) is 0 Å². The minimum absolute atomic E-state index is 0.0785. The van der Waals surface area contributed by atoms with Crippen LogP contribution in [0.1, 0.15) is 50.8 Å². The summed E-state index contributed by atoms with van der Waals surface area (Å²) in [5.41, 5.74) is 3.94. The van der Waals surface area contributed by atoms with Gasteiger partial charge in [0.05, 0.1) is 10.6 Å². The Labute approximate surface area is 151 Å². The van der Waals surface area contributed by atoms with E-state index in [0.29, 0.717) is 12.1 Å². The highest BCUT2D eigenvalue weighted by Gasteiger charge is 2.15. The third-order valence-electron chi connectivity index (χ3n) is 4.05. The molecule has 0 spiro atoms. The number of hydrogen-bond acceptors (Lipinski definition) is 3. The van der Waals surface area contributed by atoms with Crippen molar-refractivity contribution in [1.82, 2.24) is 4.83 Å². The Morgan fingerprint density at radius 2 is 1.56 bits per heavy atom. The Hall–Kier alpha value is -2.14. The maximum atomic E-state index is 12.4. The van der Waals surface area contributed by atoms with Crippen molar-refractivity contribution < 1.29 is 8.42 Å². The van der Waals surface area contributed by atoms with Crippen molar-refractivity contribution in [2.24, 2.45) is 5.10 Å². The van der Waals surface area contributed by atoms with Crippen molar-refractivity contribution >= 4 is 15.7 Å². The molecule has 5 heteroatoms. The quantitative estimate of drug-likeness (QED) is 0.637. The SMILES string of the molecule is CCC(=NNS(=O)(=O)c1ccc(C)cc1)c1ccc(C(C)(C)C)cc1. The fourth-order valence-corrected chi connectivity index (χ4v) is 3.23. The molecule has 1 N–H and O–H groups in total. The molecule has 0 unspecified atom stereocenters. The number of sulfonamides is 1. The summed E-state index contributed by atoms with van der Waals surface area (Å²) in [6.45, 7) is 10.3. The molecule has 2 aromatic carbocycles. The van der Waals surface area contributed by atoms with Crippen molar-refractivity contribution in [2.45, 2.75) is 51.3 Å². The van der Waals surface area contributed by atoms with Gasteiger partial charge < -0.3 is 0 Å². The average molecular weight is 359 g/mol. The molecule has 0 atom stereocenters. The van der Waals surface area contributed by atoms with Gasteiger partial charge in [-0.2, -0.15) is 18.4 Å². The zero-order valence-electron chi connectivity index (χ0n) is 15.5. The first-order chi connectivity index (χ1) is 11.6. The zero-order chi connectivity index (χ0) is 18.7. The first-order valence-corrected chi connectivity index (χ1v) is 9.88. The lowest BCUT2D eigenvalue weighted by Crippen LogP contribution is -2.20. The molecule has 0 heterocycles. The Morgan fingerprint density at radius 1 is 1.00 bits per heavy atom. The van der Waals surface area contributed by atoms with Gasteiger partial charge in [-0.1, -0.05) is 69.7 Å². The van der Waals surface area contributed by atoms with Gasteiger partial charge >= 0.3 is 0 Å². The number of rotatable bonds is 5. The van der Waals surface area contributed by atoms with Gasteiger partial charge in [0, 0.05) is 0 Å². The fraction of sp³-hybridized carbons (Fsp3) is 0.350. The monoisotopic (exact) mass is 358 g/mol. The van der Waals surface area contributed by atoms with Gasteiger partial charge in [-0.25, -0.2) is 0 Å². The van der Waals surface area contributed by atoms with Gasteiger partial charge in [-0.15, -0.1) is 0 Å². The molecule has 25 heavy (non-hydrogen) atoms. The fourth-order valence-electron chi connectivity index (χ4n) is 2.40. The van der Waals surface area contributed by atoms with E-state index in [2.05, 4.69) is 42.8 Å². The van der Waals surface area contributed by atoms with Crippen LogP contribution in [-0.4, -0.2) is 14.1 Å². The predicted octanol–water partition coefficient (Wildman–Crippen LogP) is 4.39. The first kappa shape index (κ1) is 19.2. The summed E-state index contributed by atoms with van der Waals surface area (Å²) in [4.78, 5) is 2.56. The molecule has 0 aliphatic heterocycles. The largest absolute Gasteiger partial charge is 0.276 e. The molecule has 0 aromatic heterocycles. The predicted molar refractivity (Wildman–Crippen MR) is 103 cm³/mol. The molecular formula is C20H26N2O2S. The lowest BCUT2D eigenvalue weighted by Gasteiger charge is -2.19. The Kier molecular flexibility index (Phi) is 5.68. The number of aryl methyl sites for hydroxylation is 1. The van der Waals surface area contributed by atoms with E-state index in [9.17, 15) is 8.42 Å². The maximum Gasteiger partial charge on any atom is 0.276 e. The van der Waals surface area contributed by atoms with Crippen LogP contribution in [0.2, 0.25) is 0 Å². The second kappa shape index (κ2) is 7.40. The highest BCUT2D eigenvalue weighted by Crippen LogP contribution is 2.22. The van der Waals surface area contributed by atoms with Crippen LogP contribution in [0, 0.1) is 6.92 Å². The van der Waals surface area contributed by atoms with E-state index < -0.39 is 10.0 Å². The topological polar surface area (TPSA) is 58.5 Å². The third-order valence-corrected chi connectivity index (χ3v) is 5.28. The third kappa shape index (κ3) is 4.92. The molecule has 0 radical (unpaired) electrons. The van der Waals surface area contributed by atoms with Crippen molar-refractivity contribution in [1.29, 1.82) is 0 Å². The summed E-state index contributed by atoms with van der Waals surface area (Å²) in [5.74, 6) is 0. The van der Waals surface area contributed by atoms with Crippen molar-refractivity contribution in [2.75, 3.05) is 0 Å². The summed E-state index contributed by atoms with van der Waals surface area (Å²) in [6, 6.07) is 14.8.